The number of hydrogen-bond acceptors (Lipinski definition) is 3. The molecule has 0 aromatic carbocycles. The van der Waals surface area contributed by atoms with Gasteiger partial charge in [-0.05, 0) is 30.8 Å². The quantitative estimate of drug-likeness (QED) is 0.477. The fraction of sp³-hybridized carbons (Fsp3) is 0.889. The highest BCUT2D eigenvalue weighted by Gasteiger charge is 2.32. The maximum absolute atomic E-state index is 4.96. The molecule has 1 aromatic heterocycles. The van der Waals surface area contributed by atoms with E-state index in [4.69, 9.17) is 9.36 Å². The second kappa shape index (κ2) is 8.26. The Morgan fingerprint density at radius 3 is 2.10 bits per heavy atom. The minimum absolute atomic E-state index is 0.101. The molecule has 122 valence electrons. The maximum atomic E-state index is 4.96. The van der Waals surface area contributed by atoms with Gasteiger partial charge in [0.2, 0.25) is 0 Å². The van der Waals surface area contributed by atoms with Crippen molar-refractivity contribution in [3.63, 3.8) is 0 Å². The minimum Gasteiger partial charge on any atom is -0.223 e. The lowest BCUT2D eigenvalue weighted by Crippen LogP contribution is -2.23. The van der Waals surface area contributed by atoms with Crippen LogP contribution in [-0.4, -0.2) is 9.36 Å². The molecule has 0 fully saturated rings. The van der Waals surface area contributed by atoms with Crippen molar-refractivity contribution in [2.45, 2.75) is 104 Å². The summed E-state index contributed by atoms with van der Waals surface area (Å²) in [6.45, 7) is 13.7. The van der Waals surface area contributed by atoms with Crippen LogP contribution in [0.5, 0.6) is 0 Å². The van der Waals surface area contributed by atoms with Gasteiger partial charge in [-0.25, -0.2) is 4.98 Å². The maximum Gasteiger partial charge on any atom is 0.148 e. The van der Waals surface area contributed by atoms with Crippen LogP contribution in [0.25, 0.3) is 0 Å². The van der Waals surface area contributed by atoms with E-state index in [9.17, 15) is 0 Å². The first-order valence-electron chi connectivity index (χ1n) is 8.74. The second-order valence-corrected chi connectivity index (χ2v) is 8.03. The molecule has 1 rings (SSSR count). The Morgan fingerprint density at radius 2 is 1.52 bits per heavy atom. The molecule has 3 heteroatoms. The average Bonchev–Trinajstić information content (AvgIpc) is 2.97. The van der Waals surface area contributed by atoms with E-state index in [0.29, 0.717) is 0 Å². The van der Waals surface area contributed by atoms with Crippen LogP contribution in [0.3, 0.4) is 0 Å². The van der Waals surface area contributed by atoms with Crippen LogP contribution in [0, 0.1) is 0 Å². The Bertz CT molecular complexity index is 411. The Kier molecular flexibility index (Phi) is 7.32. The SMILES string of the molecule is CCCCCC(C)(CCCC)c1nc(C(C)(C)CC)ns1. The fourth-order valence-electron chi connectivity index (χ4n) is 2.57. The van der Waals surface area contributed by atoms with E-state index in [-0.39, 0.29) is 10.8 Å². The largest absolute Gasteiger partial charge is 0.223 e. The topological polar surface area (TPSA) is 25.8 Å². The molecule has 1 aromatic rings. The average molecular weight is 311 g/mol. The molecule has 0 N–H and O–H groups in total. The summed E-state index contributed by atoms with van der Waals surface area (Å²) in [5.41, 5.74) is 0.328. The molecule has 0 saturated heterocycles. The van der Waals surface area contributed by atoms with Crippen LogP contribution in [0.4, 0.5) is 0 Å². The highest BCUT2D eigenvalue weighted by Crippen LogP contribution is 2.37. The van der Waals surface area contributed by atoms with E-state index in [1.165, 1.54) is 50.0 Å². The summed E-state index contributed by atoms with van der Waals surface area (Å²) in [5, 5.41) is 1.27. The van der Waals surface area contributed by atoms with Gasteiger partial charge >= 0.3 is 0 Å². The van der Waals surface area contributed by atoms with Crippen LogP contribution >= 0.6 is 11.5 Å². The summed E-state index contributed by atoms with van der Waals surface area (Å²) < 4.78 is 4.69. The zero-order valence-corrected chi connectivity index (χ0v) is 15.8. The van der Waals surface area contributed by atoms with Gasteiger partial charge < -0.3 is 0 Å². The zero-order valence-electron chi connectivity index (χ0n) is 15.0. The van der Waals surface area contributed by atoms with Crippen molar-refractivity contribution in [1.82, 2.24) is 9.36 Å². The second-order valence-electron chi connectivity index (χ2n) is 7.28. The summed E-state index contributed by atoms with van der Waals surface area (Å²) in [7, 11) is 0. The predicted octanol–water partition coefficient (Wildman–Crippen LogP) is 6.25. The van der Waals surface area contributed by atoms with Gasteiger partial charge in [-0.15, -0.1) is 0 Å². The number of rotatable bonds is 10. The van der Waals surface area contributed by atoms with E-state index in [1.807, 2.05) is 0 Å². The van der Waals surface area contributed by atoms with Crippen LogP contribution in [-0.2, 0) is 10.8 Å². The van der Waals surface area contributed by atoms with E-state index < -0.39 is 0 Å². The Morgan fingerprint density at radius 1 is 0.905 bits per heavy atom. The predicted molar refractivity (Wildman–Crippen MR) is 94.2 cm³/mol. The summed E-state index contributed by atoms with van der Waals surface area (Å²) in [4.78, 5) is 4.96. The molecule has 0 aliphatic carbocycles. The smallest absolute Gasteiger partial charge is 0.148 e. The molecule has 0 radical (unpaired) electrons. The molecule has 0 aliphatic rings. The third kappa shape index (κ3) is 5.05. The van der Waals surface area contributed by atoms with Crippen molar-refractivity contribution >= 4 is 11.5 Å². The van der Waals surface area contributed by atoms with Crippen LogP contribution in [0.1, 0.15) is 104 Å². The van der Waals surface area contributed by atoms with Gasteiger partial charge in [-0.1, -0.05) is 73.6 Å². The van der Waals surface area contributed by atoms with E-state index in [0.717, 1.165) is 12.2 Å². The highest BCUT2D eigenvalue weighted by atomic mass is 32.1. The lowest BCUT2D eigenvalue weighted by molar-refractivity contribution is 0.366. The summed E-state index contributed by atoms with van der Waals surface area (Å²) >= 11 is 1.65. The minimum atomic E-state index is 0.101. The molecule has 0 bridgehead atoms. The summed E-state index contributed by atoms with van der Waals surface area (Å²) in [6, 6.07) is 0. The van der Waals surface area contributed by atoms with Gasteiger partial charge in [-0.3, -0.25) is 0 Å². The molecule has 0 aliphatic heterocycles. The first kappa shape index (κ1) is 18.6. The van der Waals surface area contributed by atoms with Crippen molar-refractivity contribution in [3.05, 3.63) is 10.8 Å². The Balaban J connectivity index is 2.92. The van der Waals surface area contributed by atoms with Gasteiger partial charge in [-0.2, -0.15) is 4.37 Å². The van der Waals surface area contributed by atoms with Gasteiger partial charge in [0.15, 0.2) is 0 Å². The monoisotopic (exact) mass is 310 g/mol. The number of nitrogens with zero attached hydrogens (tertiary/aromatic N) is 2. The van der Waals surface area contributed by atoms with E-state index in [2.05, 4.69) is 41.5 Å². The molecule has 21 heavy (non-hydrogen) atoms. The van der Waals surface area contributed by atoms with Crippen LogP contribution in [0.15, 0.2) is 0 Å². The molecule has 1 heterocycles. The van der Waals surface area contributed by atoms with E-state index >= 15 is 0 Å². The molecule has 2 nitrogen and oxygen atoms in total. The molecular formula is C18H34N2S. The third-order valence-corrected chi connectivity index (χ3v) is 5.87. The molecule has 1 unspecified atom stereocenters. The normalized spacial score (nSPS) is 15.1. The van der Waals surface area contributed by atoms with Crippen molar-refractivity contribution in [2.24, 2.45) is 0 Å². The summed E-state index contributed by atoms with van der Waals surface area (Å²) in [5.74, 6) is 1.04. The van der Waals surface area contributed by atoms with Gasteiger partial charge in [0.25, 0.3) is 0 Å². The molecular weight excluding hydrogens is 276 g/mol. The zero-order chi connectivity index (χ0) is 15.9. The number of aromatic nitrogens is 2. The fourth-order valence-corrected chi connectivity index (χ4v) is 3.59. The first-order valence-corrected chi connectivity index (χ1v) is 9.51. The Labute approximate surface area is 135 Å². The molecule has 1 atom stereocenters. The highest BCUT2D eigenvalue weighted by molar-refractivity contribution is 7.05. The molecule has 0 spiro atoms. The van der Waals surface area contributed by atoms with Crippen molar-refractivity contribution in [2.75, 3.05) is 0 Å². The molecule has 0 amide bonds. The number of unbranched alkanes of at least 4 members (excludes halogenated alkanes) is 3. The van der Waals surface area contributed by atoms with Crippen molar-refractivity contribution < 1.29 is 0 Å². The first-order chi connectivity index (χ1) is 9.89. The van der Waals surface area contributed by atoms with E-state index in [1.54, 1.807) is 11.5 Å². The van der Waals surface area contributed by atoms with Crippen molar-refractivity contribution in [3.8, 4) is 0 Å². The lowest BCUT2D eigenvalue weighted by Gasteiger charge is -2.27. The van der Waals surface area contributed by atoms with Gasteiger partial charge in [0, 0.05) is 10.8 Å². The lowest BCUT2D eigenvalue weighted by atomic mass is 9.80. The van der Waals surface area contributed by atoms with Gasteiger partial charge in [0.1, 0.15) is 10.8 Å². The number of hydrogen-bond donors (Lipinski definition) is 0. The summed E-state index contributed by atoms with van der Waals surface area (Å²) in [6.07, 6.45) is 10.1. The molecule has 0 saturated carbocycles. The standard InChI is InChI=1S/C18H34N2S/c1-7-10-12-14-18(6,13-11-8-2)16-19-15(20-21-16)17(4,5)9-3/h7-14H2,1-6H3. The van der Waals surface area contributed by atoms with Gasteiger partial charge in [0.05, 0.1) is 0 Å². The Hall–Kier alpha value is -0.440. The van der Waals surface area contributed by atoms with Crippen LogP contribution in [0.2, 0.25) is 0 Å². The van der Waals surface area contributed by atoms with Crippen LogP contribution < -0.4 is 0 Å². The third-order valence-electron chi connectivity index (χ3n) is 4.85. The van der Waals surface area contributed by atoms with Crippen molar-refractivity contribution in [1.29, 1.82) is 0 Å².